The van der Waals surface area contributed by atoms with Gasteiger partial charge in [-0.3, -0.25) is 10.00 Å². The third kappa shape index (κ3) is 3.79. The molecule has 3 N–H and O–H groups in total. The lowest BCUT2D eigenvalue weighted by Gasteiger charge is -2.54. The van der Waals surface area contributed by atoms with Crippen LogP contribution in [0, 0.1) is 5.41 Å². The first-order valence-electron chi connectivity index (χ1n) is 12.0. The molecule has 9 heteroatoms. The van der Waals surface area contributed by atoms with Gasteiger partial charge in [0.25, 0.3) is 0 Å². The molecule has 0 spiro atoms. The van der Waals surface area contributed by atoms with Gasteiger partial charge in [0, 0.05) is 36.5 Å². The number of nitrogens with zero attached hydrogens (tertiary/aromatic N) is 5. The van der Waals surface area contributed by atoms with E-state index in [0.29, 0.717) is 11.3 Å². The molecule has 0 saturated carbocycles. The first kappa shape index (κ1) is 23.1. The van der Waals surface area contributed by atoms with Crippen LogP contribution >= 0.6 is 0 Å². The monoisotopic (exact) mass is 476 g/mol. The topological polar surface area (TPSA) is 118 Å². The number of carboxylic acid groups (broad SMARTS) is 1. The number of phenols is 1. The highest BCUT2D eigenvalue weighted by molar-refractivity contribution is 5.74. The maximum absolute atomic E-state index is 12.2. The van der Waals surface area contributed by atoms with Crippen molar-refractivity contribution in [3.05, 3.63) is 42.7 Å². The quantitative estimate of drug-likeness (QED) is 0.496. The Kier molecular flexibility index (Phi) is 5.45. The van der Waals surface area contributed by atoms with Crippen LogP contribution in [0.2, 0.25) is 0 Å². The number of rotatable bonds is 4. The number of anilines is 1. The number of piperidine rings is 1. The summed E-state index contributed by atoms with van der Waals surface area (Å²) in [6.45, 7) is 6.44. The van der Waals surface area contributed by atoms with E-state index in [2.05, 4.69) is 46.1 Å². The molecule has 35 heavy (non-hydrogen) atoms. The van der Waals surface area contributed by atoms with Gasteiger partial charge >= 0.3 is 6.09 Å². The number of H-pyrrole nitrogens is 1. The van der Waals surface area contributed by atoms with E-state index in [1.165, 1.54) is 0 Å². The van der Waals surface area contributed by atoms with Crippen LogP contribution in [0.25, 0.3) is 22.4 Å². The minimum absolute atomic E-state index is 0.0193. The van der Waals surface area contributed by atoms with Gasteiger partial charge in [0.1, 0.15) is 5.75 Å². The molecule has 1 aromatic carbocycles. The van der Waals surface area contributed by atoms with E-state index >= 15 is 0 Å². The van der Waals surface area contributed by atoms with Crippen molar-refractivity contribution in [3.63, 3.8) is 0 Å². The maximum atomic E-state index is 12.2. The van der Waals surface area contributed by atoms with E-state index in [0.717, 1.165) is 42.6 Å². The highest BCUT2D eigenvalue weighted by Gasteiger charge is 2.59. The van der Waals surface area contributed by atoms with Crippen molar-refractivity contribution in [1.29, 1.82) is 0 Å². The number of amides is 1. The van der Waals surface area contributed by atoms with Crippen molar-refractivity contribution in [3.8, 4) is 28.1 Å². The van der Waals surface area contributed by atoms with Crippen LogP contribution in [-0.2, 0) is 0 Å². The lowest BCUT2D eigenvalue weighted by Crippen LogP contribution is -2.64. The zero-order valence-electron chi connectivity index (χ0n) is 20.6. The zero-order chi connectivity index (χ0) is 25.0. The third-order valence-corrected chi connectivity index (χ3v) is 8.10. The number of fused-ring (bicyclic) bond motifs is 2. The lowest BCUT2D eigenvalue weighted by atomic mass is 9.67. The second kappa shape index (κ2) is 8.25. The molecule has 2 aliphatic rings. The summed E-state index contributed by atoms with van der Waals surface area (Å²) in [4.78, 5) is 16.0. The fourth-order valence-electron chi connectivity index (χ4n) is 6.07. The Morgan fingerprint density at radius 2 is 2.00 bits per heavy atom. The molecule has 0 unspecified atom stereocenters. The summed E-state index contributed by atoms with van der Waals surface area (Å²) in [6.07, 6.45) is 5.98. The van der Waals surface area contributed by atoms with Crippen molar-refractivity contribution in [2.75, 3.05) is 11.9 Å². The molecule has 9 nitrogen and oxygen atoms in total. The molecule has 0 radical (unpaired) electrons. The minimum atomic E-state index is -0.814. The molecule has 2 fully saturated rings. The van der Waals surface area contributed by atoms with E-state index in [1.54, 1.807) is 23.4 Å². The Hall–Kier alpha value is -3.62. The first-order valence-corrected chi connectivity index (χ1v) is 12.0. The van der Waals surface area contributed by atoms with Crippen LogP contribution < -0.4 is 4.90 Å². The molecular weight excluding hydrogens is 444 g/mol. The summed E-state index contributed by atoms with van der Waals surface area (Å²) in [7, 11) is 2.01. The minimum Gasteiger partial charge on any atom is -0.507 e. The van der Waals surface area contributed by atoms with Crippen LogP contribution in [0.1, 0.15) is 46.5 Å². The molecule has 2 aliphatic heterocycles. The molecule has 184 valence electrons. The van der Waals surface area contributed by atoms with Crippen LogP contribution in [-0.4, -0.2) is 66.3 Å². The number of aromatic amines is 1. The summed E-state index contributed by atoms with van der Waals surface area (Å²) < 4.78 is 0. The smallest absolute Gasteiger partial charge is 0.408 e. The predicted molar refractivity (Wildman–Crippen MR) is 133 cm³/mol. The van der Waals surface area contributed by atoms with Crippen LogP contribution in [0.15, 0.2) is 42.7 Å². The number of carbonyl (C=O) groups is 1. The van der Waals surface area contributed by atoms with Crippen LogP contribution in [0.4, 0.5) is 10.6 Å². The Morgan fingerprint density at radius 3 is 2.60 bits per heavy atom. The summed E-state index contributed by atoms with van der Waals surface area (Å²) >= 11 is 0. The zero-order valence-corrected chi connectivity index (χ0v) is 20.6. The van der Waals surface area contributed by atoms with Crippen LogP contribution in [0.5, 0.6) is 5.75 Å². The second-order valence-corrected chi connectivity index (χ2v) is 10.8. The van der Waals surface area contributed by atoms with Gasteiger partial charge in [0.05, 0.1) is 17.4 Å². The average Bonchev–Trinajstić information content (AvgIpc) is 3.44. The SMILES string of the molecule is CN(c1ccc(-c2ccc(-c3cn[nH]c3)cc2O)nn1)[C@H]1C[C@@H]2CC[C@](C(C)(C)C)(C1)N2C(=O)O. The van der Waals surface area contributed by atoms with Gasteiger partial charge in [0.2, 0.25) is 0 Å². The van der Waals surface area contributed by atoms with Gasteiger partial charge in [0.15, 0.2) is 5.82 Å². The number of benzene rings is 1. The van der Waals surface area contributed by atoms with Crippen molar-refractivity contribution < 1.29 is 15.0 Å². The molecule has 3 atom stereocenters. The summed E-state index contributed by atoms with van der Waals surface area (Å²) in [5.41, 5.74) is 2.39. The molecular formula is C26H32N6O3. The summed E-state index contributed by atoms with van der Waals surface area (Å²) in [6, 6.07) is 9.41. The number of nitrogens with one attached hydrogen (secondary N) is 1. The fourth-order valence-corrected chi connectivity index (χ4v) is 6.07. The number of phenolic OH excluding ortho intramolecular Hbond substituents is 1. The van der Waals surface area contributed by atoms with E-state index in [9.17, 15) is 15.0 Å². The molecule has 4 heterocycles. The molecule has 2 saturated heterocycles. The van der Waals surface area contributed by atoms with E-state index in [-0.39, 0.29) is 23.2 Å². The summed E-state index contributed by atoms with van der Waals surface area (Å²) in [5.74, 6) is 0.865. The van der Waals surface area contributed by atoms with Gasteiger partial charge < -0.3 is 15.1 Å². The first-order chi connectivity index (χ1) is 16.6. The number of aromatic nitrogens is 4. The Balaban J connectivity index is 1.37. The highest BCUT2D eigenvalue weighted by Crippen LogP contribution is 2.54. The molecule has 0 aliphatic carbocycles. The summed E-state index contributed by atoms with van der Waals surface area (Å²) in [5, 5.41) is 36.2. The maximum Gasteiger partial charge on any atom is 0.408 e. The average molecular weight is 477 g/mol. The molecule has 2 aromatic heterocycles. The van der Waals surface area contributed by atoms with Gasteiger partial charge in [-0.1, -0.05) is 26.8 Å². The fraction of sp³-hybridized carbons (Fsp3) is 0.462. The standard InChI is InChI=1S/C26H32N6O3/c1-25(2,3)26-10-9-18(32(26)24(34)35)12-19(13-26)31(4)23-8-7-21(29-30-23)20-6-5-16(11-22(20)33)17-14-27-28-15-17/h5-8,11,14-15,18-19,33H,9-10,12-13H2,1-4H3,(H,27,28)(H,34,35)/t18-,19-,26+/m0/s1. The van der Waals surface area contributed by atoms with Crippen molar-refractivity contribution in [2.45, 2.75) is 64.1 Å². The van der Waals surface area contributed by atoms with E-state index in [1.807, 2.05) is 31.3 Å². The highest BCUT2D eigenvalue weighted by atomic mass is 16.4. The number of hydrogen-bond donors (Lipinski definition) is 3. The van der Waals surface area contributed by atoms with E-state index < -0.39 is 11.6 Å². The van der Waals surface area contributed by atoms with Crippen molar-refractivity contribution in [1.82, 2.24) is 25.3 Å². The number of hydrogen-bond acceptors (Lipinski definition) is 6. The Labute approximate surface area is 204 Å². The third-order valence-electron chi connectivity index (χ3n) is 8.10. The largest absolute Gasteiger partial charge is 0.507 e. The second-order valence-electron chi connectivity index (χ2n) is 10.8. The molecule has 2 bridgehead atoms. The van der Waals surface area contributed by atoms with Crippen molar-refractivity contribution in [2.24, 2.45) is 5.41 Å². The number of aromatic hydroxyl groups is 1. The molecule has 1 amide bonds. The van der Waals surface area contributed by atoms with Gasteiger partial charge in [-0.05, 0) is 60.9 Å². The predicted octanol–water partition coefficient (Wildman–Crippen LogP) is 4.77. The Bertz CT molecular complexity index is 1220. The lowest BCUT2D eigenvalue weighted by molar-refractivity contribution is -0.0204. The van der Waals surface area contributed by atoms with Gasteiger partial charge in [-0.2, -0.15) is 5.10 Å². The normalized spacial score (nSPS) is 23.9. The van der Waals surface area contributed by atoms with Crippen LogP contribution in [0.3, 0.4) is 0 Å². The molecule has 3 aromatic rings. The van der Waals surface area contributed by atoms with E-state index in [4.69, 9.17) is 0 Å². The van der Waals surface area contributed by atoms with Gasteiger partial charge in [-0.15, -0.1) is 10.2 Å². The van der Waals surface area contributed by atoms with Gasteiger partial charge in [-0.25, -0.2) is 4.79 Å². The Morgan fingerprint density at radius 1 is 1.20 bits per heavy atom. The molecule has 5 rings (SSSR count). The van der Waals surface area contributed by atoms with Crippen molar-refractivity contribution >= 4 is 11.9 Å².